The van der Waals surface area contributed by atoms with Crippen molar-refractivity contribution in [2.75, 3.05) is 25.0 Å². The molecule has 0 amide bonds. The van der Waals surface area contributed by atoms with Gasteiger partial charge in [0.05, 0.1) is 24.5 Å². The van der Waals surface area contributed by atoms with Gasteiger partial charge < -0.3 is 15.4 Å². The molecule has 1 unspecified atom stereocenters. The van der Waals surface area contributed by atoms with Gasteiger partial charge in [-0.05, 0) is 61.1 Å². The second-order valence-electron chi connectivity index (χ2n) is 8.74. The number of benzene rings is 2. The number of morpholine rings is 1. The van der Waals surface area contributed by atoms with Gasteiger partial charge in [0.2, 0.25) is 0 Å². The molecule has 1 atom stereocenters. The first kappa shape index (κ1) is 21.6. The van der Waals surface area contributed by atoms with Crippen molar-refractivity contribution in [2.24, 2.45) is 0 Å². The molecule has 5 rings (SSSR count). The minimum atomic E-state index is -0.503. The number of anilines is 1. The highest BCUT2D eigenvalue weighted by molar-refractivity contribution is 5.79. The van der Waals surface area contributed by atoms with Crippen LogP contribution in [0.3, 0.4) is 0 Å². The summed E-state index contributed by atoms with van der Waals surface area (Å²) in [6.07, 6.45) is 6.30. The van der Waals surface area contributed by atoms with Gasteiger partial charge in [-0.25, -0.2) is 4.39 Å². The topological polar surface area (TPSA) is 74.9 Å². The number of hydrogen-bond donors (Lipinski definition) is 2. The first-order chi connectivity index (χ1) is 16.2. The van der Waals surface area contributed by atoms with Gasteiger partial charge in [-0.15, -0.1) is 0 Å². The van der Waals surface area contributed by atoms with Crippen molar-refractivity contribution < 1.29 is 9.13 Å². The number of nitrogens with zero attached hydrogens (tertiary/aromatic N) is 3. The van der Waals surface area contributed by atoms with Gasteiger partial charge in [0.1, 0.15) is 11.9 Å². The van der Waals surface area contributed by atoms with Crippen LogP contribution < -0.4 is 10.6 Å². The van der Waals surface area contributed by atoms with Gasteiger partial charge in [0, 0.05) is 48.7 Å². The third-order valence-corrected chi connectivity index (χ3v) is 6.49. The van der Waals surface area contributed by atoms with Crippen LogP contribution in [0.1, 0.15) is 35.2 Å². The maximum atomic E-state index is 14.5. The second-order valence-corrected chi connectivity index (χ2v) is 8.74. The zero-order valence-electron chi connectivity index (χ0n) is 18.6. The number of halogens is 1. The lowest BCUT2D eigenvalue weighted by Gasteiger charge is -2.24. The molecule has 2 aromatic carbocycles. The Labute approximate surface area is 193 Å². The van der Waals surface area contributed by atoms with Crippen molar-refractivity contribution in [3.63, 3.8) is 0 Å². The molecule has 0 radical (unpaired) electrons. The molecule has 2 aliphatic rings. The zero-order chi connectivity index (χ0) is 22.6. The molecule has 1 fully saturated rings. The van der Waals surface area contributed by atoms with Crippen LogP contribution in [0.15, 0.2) is 42.6 Å². The van der Waals surface area contributed by atoms with E-state index < -0.39 is 5.82 Å². The van der Waals surface area contributed by atoms with Gasteiger partial charge in [0.25, 0.3) is 0 Å². The molecule has 1 saturated heterocycles. The monoisotopic (exact) mass is 445 g/mol. The molecule has 7 heteroatoms. The van der Waals surface area contributed by atoms with Crippen LogP contribution in [0.4, 0.5) is 10.1 Å². The Morgan fingerprint density at radius 1 is 1.24 bits per heavy atom. The molecule has 3 aromatic rings. The van der Waals surface area contributed by atoms with Crippen LogP contribution in [0.25, 0.3) is 11.1 Å². The number of nitrogens with one attached hydrogen (secondary N) is 2. The number of nitriles is 1. The molecule has 170 valence electrons. The molecule has 0 spiro atoms. The second kappa shape index (κ2) is 9.74. The maximum absolute atomic E-state index is 14.5. The minimum Gasteiger partial charge on any atom is -0.380 e. The van der Waals surface area contributed by atoms with Crippen LogP contribution >= 0.6 is 0 Å². The summed E-state index contributed by atoms with van der Waals surface area (Å²) >= 11 is 0. The number of aryl methyl sites for hydroxylation is 1. The SMILES string of the molecule is N#Cc1ccc(-c2cc(CC3CNCCO3)ccc2NCc2cnn3c2CCCC3)cc1F. The predicted molar refractivity (Wildman–Crippen MR) is 125 cm³/mol. The molecule has 1 aromatic heterocycles. The smallest absolute Gasteiger partial charge is 0.141 e. The molecule has 2 aliphatic heterocycles. The van der Waals surface area contributed by atoms with E-state index in [9.17, 15) is 4.39 Å². The van der Waals surface area contributed by atoms with Crippen molar-refractivity contribution in [3.05, 3.63) is 70.8 Å². The van der Waals surface area contributed by atoms with E-state index in [2.05, 4.69) is 38.6 Å². The Hall–Kier alpha value is -3.21. The van der Waals surface area contributed by atoms with E-state index in [4.69, 9.17) is 10.00 Å². The largest absolute Gasteiger partial charge is 0.380 e. The van der Waals surface area contributed by atoms with Crippen LogP contribution in [-0.4, -0.2) is 35.6 Å². The lowest BCUT2D eigenvalue weighted by molar-refractivity contribution is 0.0292. The number of ether oxygens (including phenoxy) is 1. The fourth-order valence-corrected chi connectivity index (χ4v) is 4.72. The van der Waals surface area contributed by atoms with Crippen molar-refractivity contribution in [1.82, 2.24) is 15.1 Å². The zero-order valence-corrected chi connectivity index (χ0v) is 18.6. The highest BCUT2D eigenvalue weighted by Gasteiger charge is 2.18. The van der Waals surface area contributed by atoms with E-state index in [0.29, 0.717) is 13.2 Å². The summed E-state index contributed by atoms with van der Waals surface area (Å²) < 4.78 is 22.4. The van der Waals surface area contributed by atoms with E-state index in [1.54, 1.807) is 6.07 Å². The summed E-state index contributed by atoms with van der Waals surface area (Å²) in [5.41, 5.74) is 6.29. The van der Waals surface area contributed by atoms with E-state index in [0.717, 1.165) is 54.9 Å². The lowest BCUT2D eigenvalue weighted by Crippen LogP contribution is -2.39. The van der Waals surface area contributed by atoms with Crippen LogP contribution in [0, 0.1) is 17.1 Å². The van der Waals surface area contributed by atoms with Gasteiger partial charge in [-0.3, -0.25) is 4.68 Å². The average molecular weight is 446 g/mol. The minimum absolute atomic E-state index is 0.0533. The Kier molecular flexibility index (Phi) is 6.38. The van der Waals surface area contributed by atoms with E-state index in [1.165, 1.54) is 30.2 Å². The summed E-state index contributed by atoms with van der Waals surface area (Å²) in [4.78, 5) is 0. The van der Waals surface area contributed by atoms with Gasteiger partial charge in [0.15, 0.2) is 0 Å². The van der Waals surface area contributed by atoms with E-state index in [1.807, 2.05) is 18.3 Å². The van der Waals surface area contributed by atoms with Crippen molar-refractivity contribution in [1.29, 1.82) is 5.26 Å². The summed E-state index contributed by atoms with van der Waals surface area (Å²) in [7, 11) is 0. The third kappa shape index (κ3) is 4.77. The Morgan fingerprint density at radius 2 is 2.18 bits per heavy atom. The molecule has 0 saturated carbocycles. The highest BCUT2D eigenvalue weighted by atomic mass is 19.1. The molecule has 0 bridgehead atoms. The number of rotatable bonds is 6. The molecular formula is C26H28FN5O. The molecule has 33 heavy (non-hydrogen) atoms. The van der Waals surface area contributed by atoms with Gasteiger partial charge >= 0.3 is 0 Å². The Morgan fingerprint density at radius 3 is 3.00 bits per heavy atom. The summed E-state index contributed by atoms with van der Waals surface area (Å²) in [5, 5.41) is 20.6. The Bertz CT molecular complexity index is 1180. The molecule has 3 heterocycles. The Balaban J connectivity index is 1.43. The number of fused-ring (bicyclic) bond motifs is 1. The van der Waals surface area contributed by atoms with Crippen LogP contribution in [-0.2, 0) is 30.7 Å². The number of hydrogen-bond acceptors (Lipinski definition) is 5. The lowest BCUT2D eigenvalue weighted by atomic mass is 9.97. The molecule has 2 N–H and O–H groups in total. The highest BCUT2D eigenvalue weighted by Crippen LogP contribution is 2.32. The third-order valence-electron chi connectivity index (χ3n) is 6.49. The van der Waals surface area contributed by atoms with Crippen molar-refractivity contribution in [2.45, 2.75) is 44.9 Å². The van der Waals surface area contributed by atoms with Gasteiger partial charge in [-0.1, -0.05) is 12.1 Å². The number of aromatic nitrogens is 2. The van der Waals surface area contributed by atoms with E-state index >= 15 is 0 Å². The van der Waals surface area contributed by atoms with Crippen molar-refractivity contribution in [3.8, 4) is 17.2 Å². The van der Waals surface area contributed by atoms with Crippen LogP contribution in [0.2, 0.25) is 0 Å². The fraction of sp³-hybridized carbons (Fsp3) is 0.385. The summed E-state index contributed by atoms with van der Waals surface area (Å²) in [6, 6.07) is 13.0. The average Bonchev–Trinajstić information content (AvgIpc) is 3.27. The van der Waals surface area contributed by atoms with Crippen molar-refractivity contribution >= 4 is 5.69 Å². The molecular weight excluding hydrogens is 417 g/mol. The molecule has 0 aliphatic carbocycles. The normalized spacial score (nSPS) is 17.9. The first-order valence-corrected chi connectivity index (χ1v) is 11.6. The summed E-state index contributed by atoms with van der Waals surface area (Å²) in [6.45, 7) is 4.07. The quantitative estimate of drug-likeness (QED) is 0.599. The predicted octanol–water partition coefficient (Wildman–Crippen LogP) is 4.04. The molecule has 6 nitrogen and oxygen atoms in total. The van der Waals surface area contributed by atoms with E-state index in [-0.39, 0.29) is 11.7 Å². The van der Waals surface area contributed by atoms with Gasteiger partial charge in [-0.2, -0.15) is 10.4 Å². The first-order valence-electron chi connectivity index (χ1n) is 11.6. The van der Waals surface area contributed by atoms with Crippen LogP contribution in [0.5, 0.6) is 0 Å². The maximum Gasteiger partial charge on any atom is 0.141 e. The standard InChI is InChI=1S/C26H28FN5O/c27-24-13-19(5-6-20(24)14-28)23-12-18(11-22-17-29-8-10-33-22)4-7-25(23)30-15-21-16-31-32-9-2-1-3-26(21)32/h4-7,12-13,16,22,29-30H,1-3,8-11,15,17H2. The summed E-state index contributed by atoms with van der Waals surface area (Å²) in [5.74, 6) is -0.503. The fourth-order valence-electron chi connectivity index (χ4n) is 4.72.